The lowest BCUT2D eigenvalue weighted by Crippen LogP contribution is -2.50. The summed E-state index contributed by atoms with van der Waals surface area (Å²) in [5.74, 6) is -0.792. The second-order valence-electron chi connectivity index (χ2n) is 8.18. The van der Waals surface area contributed by atoms with Crippen LogP contribution in [0, 0.1) is 0 Å². The summed E-state index contributed by atoms with van der Waals surface area (Å²) in [5, 5.41) is 20.8. The Morgan fingerprint density at radius 3 is 1.96 bits per heavy atom. The number of hydrogen-bond donors (Lipinski definition) is 2. The Labute approximate surface area is 153 Å². The van der Waals surface area contributed by atoms with Gasteiger partial charge in [0.1, 0.15) is 5.72 Å². The molecule has 1 fully saturated rings. The van der Waals surface area contributed by atoms with Gasteiger partial charge in [0.05, 0.1) is 12.1 Å². The van der Waals surface area contributed by atoms with Crippen LogP contribution in [0.4, 0.5) is 0 Å². The van der Waals surface area contributed by atoms with Crippen LogP contribution < -0.4 is 0 Å². The summed E-state index contributed by atoms with van der Waals surface area (Å²) >= 11 is 0. The zero-order valence-corrected chi connectivity index (χ0v) is 16.6. The van der Waals surface area contributed by atoms with Gasteiger partial charge in [-0.05, 0) is 39.5 Å². The van der Waals surface area contributed by atoms with E-state index in [4.69, 9.17) is 9.84 Å². The van der Waals surface area contributed by atoms with Crippen LogP contribution in [-0.2, 0) is 9.53 Å². The molecule has 0 spiro atoms. The molecule has 1 aliphatic rings. The van der Waals surface area contributed by atoms with Crippen molar-refractivity contribution in [3.05, 3.63) is 0 Å². The van der Waals surface area contributed by atoms with Crippen LogP contribution in [-0.4, -0.2) is 39.2 Å². The number of hydrogen-bond acceptors (Lipinski definition) is 4. The molecule has 2 N–H and O–H groups in total. The van der Waals surface area contributed by atoms with Crippen LogP contribution >= 0.6 is 0 Å². The van der Waals surface area contributed by atoms with Gasteiger partial charge >= 0.3 is 5.97 Å². The zero-order chi connectivity index (χ0) is 18.8. The van der Waals surface area contributed by atoms with Gasteiger partial charge in [-0.1, -0.05) is 58.3 Å². The molecule has 0 aromatic carbocycles. The molecule has 1 heterocycles. The molecule has 0 aromatic rings. The van der Waals surface area contributed by atoms with E-state index < -0.39 is 17.2 Å². The number of carboxylic acids is 1. The van der Waals surface area contributed by atoms with E-state index in [0.29, 0.717) is 19.4 Å². The minimum Gasteiger partial charge on any atom is -0.481 e. The molecule has 5 heteroatoms. The van der Waals surface area contributed by atoms with E-state index in [1.54, 1.807) is 0 Å². The molecule has 1 aliphatic heterocycles. The molecule has 1 saturated heterocycles. The Morgan fingerprint density at radius 1 is 0.960 bits per heavy atom. The number of ether oxygens (including phenoxy) is 1. The van der Waals surface area contributed by atoms with Crippen LogP contribution in [0.3, 0.4) is 0 Å². The van der Waals surface area contributed by atoms with E-state index in [1.165, 1.54) is 50.0 Å². The summed E-state index contributed by atoms with van der Waals surface area (Å²) in [4.78, 5) is 10.8. The average Bonchev–Trinajstić information content (AvgIpc) is 2.78. The number of hydroxylamine groups is 2. The lowest BCUT2D eigenvalue weighted by Gasteiger charge is -2.37. The second kappa shape index (κ2) is 11.1. The highest BCUT2D eigenvalue weighted by Gasteiger charge is 2.50. The Balaban J connectivity index is 2.33. The molecular formula is C20H39NO4. The number of carbonyl (C=O) groups is 1. The smallest absolute Gasteiger partial charge is 0.303 e. The molecule has 0 aliphatic carbocycles. The SMILES string of the molecule is CCCCCCCCCCCC1(CCCC(=O)O)OCC(C)(C)N1O. The molecule has 25 heavy (non-hydrogen) atoms. The normalized spacial score (nSPS) is 23.2. The van der Waals surface area contributed by atoms with Crippen LogP contribution in [0.1, 0.15) is 104 Å². The van der Waals surface area contributed by atoms with E-state index in [9.17, 15) is 10.0 Å². The molecule has 0 saturated carbocycles. The first-order valence-electron chi connectivity index (χ1n) is 10.2. The van der Waals surface area contributed by atoms with Gasteiger partial charge in [-0.2, -0.15) is 5.06 Å². The zero-order valence-electron chi connectivity index (χ0n) is 16.6. The molecule has 0 bridgehead atoms. The fourth-order valence-electron chi connectivity index (χ4n) is 3.69. The fraction of sp³-hybridized carbons (Fsp3) is 0.950. The maximum absolute atomic E-state index is 10.8. The molecule has 0 radical (unpaired) electrons. The quantitative estimate of drug-likeness (QED) is 0.410. The summed E-state index contributed by atoms with van der Waals surface area (Å²) in [5.41, 5.74) is -1.12. The highest BCUT2D eigenvalue weighted by molar-refractivity contribution is 5.66. The Bertz CT molecular complexity index is 386. The third-order valence-electron chi connectivity index (χ3n) is 5.28. The Hall–Kier alpha value is -0.650. The molecule has 0 aromatic heterocycles. The van der Waals surface area contributed by atoms with Gasteiger partial charge in [-0.3, -0.25) is 4.79 Å². The standard InChI is InChI=1S/C20H39NO4/c1-4-5-6-7-8-9-10-11-12-15-20(16-13-14-18(22)23)21(24)19(2,3)17-25-20/h24H,4-17H2,1-3H3,(H,22,23). The monoisotopic (exact) mass is 357 g/mol. The molecule has 148 valence electrons. The van der Waals surface area contributed by atoms with Gasteiger partial charge < -0.3 is 15.1 Å². The van der Waals surface area contributed by atoms with Crippen LogP contribution in [0.5, 0.6) is 0 Å². The van der Waals surface area contributed by atoms with Gasteiger partial charge in [0.15, 0.2) is 0 Å². The third-order valence-corrected chi connectivity index (χ3v) is 5.28. The number of aliphatic carboxylic acids is 1. The molecule has 1 rings (SSSR count). The summed E-state index contributed by atoms with van der Waals surface area (Å²) in [6.45, 7) is 6.64. The largest absolute Gasteiger partial charge is 0.481 e. The highest BCUT2D eigenvalue weighted by Crippen LogP contribution is 2.40. The van der Waals surface area contributed by atoms with Crippen LogP contribution in [0.15, 0.2) is 0 Å². The molecule has 0 amide bonds. The lowest BCUT2D eigenvalue weighted by atomic mass is 9.95. The number of nitrogens with zero attached hydrogens (tertiary/aromatic N) is 1. The van der Waals surface area contributed by atoms with Crippen molar-refractivity contribution in [3.63, 3.8) is 0 Å². The average molecular weight is 358 g/mol. The molecule has 1 atom stereocenters. The van der Waals surface area contributed by atoms with Crippen molar-refractivity contribution in [3.8, 4) is 0 Å². The molecular weight excluding hydrogens is 318 g/mol. The maximum Gasteiger partial charge on any atom is 0.303 e. The topological polar surface area (TPSA) is 70.0 Å². The van der Waals surface area contributed by atoms with Gasteiger partial charge in [-0.15, -0.1) is 0 Å². The molecule has 1 unspecified atom stereocenters. The van der Waals surface area contributed by atoms with Crippen LogP contribution in [0.2, 0.25) is 0 Å². The van der Waals surface area contributed by atoms with Crippen LogP contribution in [0.25, 0.3) is 0 Å². The number of rotatable bonds is 14. The van der Waals surface area contributed by atoms with E-state index in [1.807, 2.05) is 13.8 Å². The van der Waals surface area contributed by atoms with Crippen molar-refractivity contribution in [1.29, 1.82) is 0 Å². The summed E-state index contributed by atoms with van der Waals surface area (Å²) < 4.78 is 6.00. The Morgan fingerprint density at radius 2 is 1.48 bits per heavy atom. The predicted molar refractivity (Wildman–Crippen MR) is 99.7 cm³/mol. The van der Waals surface area contributed by atoms with Crippen molar-refractivity contribution < 1.29 is 19.8 Å². The first-order valence-corrected chi connectivity index (χ1v) is 10.2. The van der Waals surface area contributed by atoms with E-state index in [-0.39, 0.29) is 6.42 Å². The lowest BCUT2D eigenvalue weighted by molar-refractivity contribution is -0.256. The summed E-state index contributed by atoms with van der Waals surface area (Å²) in [7, 11) is 0. The first-order chi connectivity index (χ1) is 11.8. The van der Waals surface area contributed by atoms with Gasteiger partial charge in [0.25, 0.3) is 0 Å². The van der Waals surface area contributed by atoms with E-state index in [2.05, 4.69) is 6.92 Å². The van der Waals surface area contributed by atoms with Crippen molar-refractivity contribution in [2.24, 2.45) is 0 Å². The van der Waals surface area contributed by atoms with E-state index in [0.717, 1.165) is 19.3 Å². The van der Waals surface area contributed by atoms with Crippen molar-refractivity contribution in [2.45, 2.75) is 116 Å². The van der Waals surface area contributed by atoms with Crippen molar-refractivity contribution in [2.75, 3.05) is 6.61 Å². The third kappa shape index (κ3) is 7.63. The van der Waals surface area contributed by atoms with Crippen molar-refractivity contribution in [1.82, 2.24) is 5.06 Å². The molecule has 5 nitrogen and oxygen atoms in total. The number of carboxylic acid groups (broad SMARTS) is 1. The van der Waals surface area contributed by atoms with E-state index >= 15 is 0 Å². The highest BCUT2D eigenvalue weighted by atomic mass is 16.6. The van der Waals surface area contributed by atoms with Crippen molar-refractivity contribution >= 4 is 5.97 Å². The predicted octanol–water partition coefficient (Wildman–Crippen LogP) is 5.36. The minimum absolute atomic E-state index is 0.122. The fourth-order valence-corrected chi connectivity index (χ4v) is 3.69. The second-order valence-corrected chi connectivity index (χ2v) is 8.18. The Kier molecular flexibility index (Phi) is 9.98. The van der Waals surface area contributed by atoms with Gasteiger partial charge in [0.2, 0.25) is 0 Å². The van der Waals surface area contributed by atoms with Gasteiger partial charge in [0, 0.05) is 6.42 Å². The first kappa shape index (κ1) is 22.4. The number of unbranched alkanes of at least 4 members (excludes halogenated alkanes) is 8. The minimum atomic E-state index is -0.792. The summed E-state index contributed by atoms with van der Waals surface area (Å²) in [6, 6.07) is 0. The maximum atomic E-state index is 10.8. The summed E-state index contributed by atoms with van der Waals surface area (Å²) in [6.07, 6.45) is 13.3. The van der Waals surface area contributed by atoms with Gasteiger partial charge in [-0.25, -0.2) is 0 Å².